The second kappa shape index (κ2) is 14.4. The first-order chi connectivity index (χ1) is 15.2. The van der Waals surface area contributed by atoms with Crippen molar-refractivity contribution in [3.63, 3.8) is 0 Å². The molecule has 14 nitrogen and oxygen atoms in total. The Morgan fingerprint density at radius 3 is 2.38 bits per heavy atom. The van der Waals surface area contributed by atoms with Crippen LogP contribution >= 0.6 is 0 Å². The van der Waals surface area contributed by atoms with Gasteiger partial charge in [-0.05, 0) is 19.3 Å². The molecule has 0 saturated heterocycles. The highest BCUT2D eigenvalue weighted by Gasteiger charge is 2.23. The number of carbonyl (C=O) groups is 3. The molecule has 14 heteroatoms. The van der Waals surface area contributed by atoms with Gasteiger partial charge in [-0.25, -0.2) is 4.98 Å². The Morgan fingerprint density at radius 1 is 1.09 bits per heavy atom. The van der Waals surface area contributed by atoms with Crippen molar-refractivity contribution in [2.24, 2.45) is 5.92 Å². The average Bonchev–Trinajstić information content (AvgIpc) is 3.23. The third-order valence-electron chi connectivity index (χ3n) is 4.52. The zero-order chi connectivity index (χ0) is 23.9. The van der Waals surface area contributed by atoms with Gasteiger partial charge in [0, 0.05) is 44.0 Å². The van der Waals surface area contributed by atoms with Crippen LogP contribution in [0.1, 0.15) is 50.6 Å². The molecule has 1 aromatic rings. The standard InChI is InChI=1S/C18H26N4O10/c1-30-18(25)13(8-14-10-19-12-20-14)9-16(24)6-2-4-15(23)5-3-7-17(32-22(28)29)11-31-21(26)27/h10,12-13,17H,2-9,11H2,1H3,(H,19,20). The maximum Gasteiger partial charge on any atom is 0.309 e. The zero-order valence-electron chi connectivity index (χ0n) is 17.6. The van der Waals surface area contributed by atoms with Crippen LogP contribution in [0.2, 0.25) is 0 Å². The van der Waals surface area contributed by atoms with E-state index in [2.05, 4.69) is 19.6 Å². The second-order valence-electron chi connectivity index (χ2n) is 7.00. The maximum atomic E-state index is 12.2. The van der Waals surface area contributed by atoms with Crippen molar-refractivity contribution in [3.05, 3.63) is 38.4 Å². The first-order valence-corrected chi connectivity index (χ1v) is 9.88. The van der Waals surface area contributed by atoms with Crippen molar-refractivity contribution in [3.8, 4) is 0 Å². The molecule has 32 heavy (non-hydrogen) atoms. The van der Waals surface area contributed by atoms with E-state index in [9.17, 15) is 34.6 Å². The first kappa shape index (κ1) is 26.5. The number of hydrogen-bond acceptors (Lipinski definition) is 11. The highest BCUT2D eigenvalue weighted by atomic mass is 17.0. The topological polar surface area (TPSA) is 194 Å². The molecular formula is C18H26N4O10. The molecule has 2 unspecified atom stereocenters. The number of imidazole rings is 1. The Labute approximate surface area is 182 Å². The van der Waals surface area contributed by atoms with E-state index in [0.29, 0.717) is 12.1 Å². The number of ketones is 2. The van der Waals surface area contributed by atoms with Crippen molar-refractivity contribution in [1.29, 1.82) is 0 Å². The molecule has 0 bridgehead atoms. The van der Waals surface area contributed by atoms with E-state index in [1.165, 1.54) is 13.4 Å². The Kier molecular flexibility index (Phi) is 11.9. The van der Waals surface area contributed by atoms with Gasteiger partial charge in [-0.1, -0.05) is 0 Å². The monoisotopic (exact) mass is 458 g/mol. The lowest BCUT2D eigenvalue weighted by Gasteiger charge is -2.13. The molecule has 1 aromatic heterocycles. The third-order valence-corrected chi connectivity index (χ3v) is 4.52. The summed E-state index contributed by atoms with van der Waals surface area (Å²) in [6, 6.07) is 0. The summed E-state index contributed by atoms with van der Waals surface area (Å²) < 4.78 is 4.74. The van der Waals surface area contributed by atoms with Gasteiger partial charge in [0.05, 0.1) is 19.4 Å². The van der Waals surface area contributed by atoms with Crippen LogP contribution in [-0.4, -0.2) is 57.5 Å². The van der Waals surface area contributed by atoms with Crippen LogP contribution < -0.4 is 0 Å². The SMILES string of the molecule is COC(=O)C(CC(=O)CCCC(=O)CCCC(CO[N+](=O)[O-])O[N+](=O)[O-])Cc1cnc[nH]1. The van der Waals surface area contributed by atoms with Crippen LogP contribution in [0, 0.1) is 26.1 Å². The minimum absolute atomic E-state index is 0.0176. The van der Waals surface area contributed by atoms with E-state index in [0.717, 1.165) is 0 Å². The average molecular weight is 458 g/mol. The number of methoxy groups -OCH3 is 1. The number of Topliss-reactive ketones (excluding diaryl/α,β-unsaturated/α-hetero) is 2. The van der Waals surface area contributed by atoms with Gasteiger partial charge in [0.1, 0.15) is 24.3 Å². The van der Waals surface area contributed by atoms with Crippen molar-refractivity contribution in [1.82, 2.24) is 9.97 Å². The minimum Gasteiger partial charge on any atom is -0.469 e. The Hall–Kier alpha value is -3.58. The van der Waals surface area contributed by atoms with E-state index >= 15 is 0 Å². The van der Waals surface area contributed by atoms with Gasteiger partial charge in [0.25, 0.3) is 10.2 Å². The van der Waals surface area contributed by atoms with Gasteiger partial charge < -0.3 is 19.4 Å². The predicted molar refractivity (Wildman–Crippen MR) is 105 cm³/mol. The molecule has 0 aliphatic carbocycles. The van der Waals surface area contributed by atoms with Crippen LogP contribution in [0.25, 0.3) is 0 Å². The van der Waals surface area contributed by atoms with Crippen LogP contribution in [0.15, 0.2) is 12.5 Å². The molecule has 0 saturated carbocycles. The quantitative estimate of drug-likeness (QED) is 0.190. The lowest BCUT2D eigenvalue weighted by Crippen LogP contribution is -2.24. The number of H-pyrrole nitrogens is 1. The second-order valence-corrected chi connectivity index (χ2v) is 7.00. The van der Waals surface area contributed by atoms with E-state index < -0.39 is 34.8 Å². The molecule has 0 radical (unpaired) electrons. The van der Waals surface area contributed by atoms with E-state index in [-0.39, 0.29) is 56.5 Å². The normalized spacial score (nSPS) is 12.4. The zero-order valence-corrected chi connectivity index (χ0v) is 17.6. The Balaban J connectivity index is 2.32. The lowest BCUT2D eigenvalue weighted by molar-refractivity contribution is -0.790. The highest BCUT2D eigenvalue weighted by molar-refractivity contribution is 5.85. The van der Waals surface area contributed by atoms with Gasteiger partial charge in [-0.15, -0.1) is 20.2 Å². The molecule has 0 aromatic carbocycles. The number of carbonyl (C=O) groups excluding carboxylic acids is 3. The predicted octanol–water partition coefficient (Wildman–Crippen LogP) is 1.40. The van der Waals surface area contributed by atoms with Gasteiger partial charge in [-0.2, -0.15) is 0 Å². The summed E-state index contributed by atoms with van der Waals surface area (Å²) in [5.41, 5.74) is 0.700. The van der Waals surface area contributed by atoms with Gasteiger partial charge >= 0.3 is 5.97 Å². The number of nitrogens with zero attached hydrogens (tertiary/aromatic N) is 3. The maximum absolute atomic E-state index is 12.2. The molecular weight excluding hydrogens is 432 g/mol. The number of ether oxygens (including phenoxy) is 1. The van der Waals surface area contributed by atoms with Gasteiger partial charge in [0.2, 0.25) is 0 Å². The lowest BCUT2D eigenvalue weighted by atomic mass is 9.94. The molecule has 0 fully saturated rings. The summed E-state index contributed by atoms with van der Waals surface area (Å²) in [5.74, 6) is -1.49. The third kappa shape index (κ3) is 11.6. The fourth-order valence-electron chi connectivity index (χ4n) is 3.01. The number of aromatic nitrogens is 2. The van der Waals surface area contributed by atoms with Crippen molar-refractivity contribution in [2.45, 2.75) is 57.5 Å². The molecule has 0 amide bonds. The Bertz CT molecular complexity index is 768. The van der Waals surface area contributed by atoms with Crippen LogP contribution in [-0.2, 0) is 35.2 Å². The number of aromatic amines is 1. The summed E-state index contributed by atoms with van der Waals surface area (Å²) in [4.78, 5) is 71.8. The van der Waals surface area contributed by atoms with Crippen molar-refractivity contribution in [2.75, 3.05) is 13.7 Å². The Morgan fingerprint density at radius 2 is 1.78 bits per heavy atom. The van der Waals surface area contributed by atoms with Crippen LogP contribution in [0.3, 0.4) is 0 Å². The number of esters is 1. The van der Waals surface area contributed by atoms with Crippen LogP contribution in [0.4, 0.5) is 0 Å². The molecule has 1 rings (SSSR count). The van der Waals surface area contributed by atoms with Gasteiger partial charge in [0.15, 0.2) is 0 Å². The summed E-state index contributed by atoms with van der Waals surface area (Å²) in [6.45, 7) is -0.615. The van der Waals surface area contributed by atoms with E-state index in [4.69, 9.17) is 4.74 Å². The van der Waals surface area contributed by atoms with E-state index in [1.54, 1.807) is 6.20 Å². The molecule has 2 atom stereocenters. The fourth-order valence-corrected chi connectivity index (χ4v) is 3.01. The summed E-state index contributed by atoms with van der Waals surface area (Å²) >= 11 is 0. The highest BCUT2D eigenvalue weighted by Crippen LogP contribution is 2.16. The molecule has 1 N–H and O–H groups in total. The van der Waals surface area contributed by atoms with Crippen LogP contribution in [0.5, 0.6) is 0 Å². The first-order valence-electron chi connectivity index (χ1n) is 9.88. The fraction of sp³-hybridized carbons (Fsp3) is 0.667. The van der Waals surface area contributed by atoms with Crippen molar-refractivity contribution < 1.29 is 39.0 Å². The smallest absolute Gasteiger partial charge is 0.309 e. The van der Waals surface area contributed by atoms with E-state index in [1.807, 2.05) is 0 Å². The number of rotatable bonds is 18. The van der Waals surface area contributed by atoms with Gasteiger partial charge in [-0.3, -0.25) is 14.4 Å². The minimum atomic E-state index is -1.16. The molecule has 0 aliphatic rings. The summed E-state index contributed by atoms with van der Waals surface area (Å²) in [6.07, 6.45) is 2.99. The largest absolute Gasteiger partial charge is 0.469 e. The summed E-state index contributed by atoms with van der Waals surface area (Å²) in [7, 11) is 1.25. The summed E-state index contributed by atoms with van der Waals surface area (Å²) in [5, 5.41) is 18.4. The molecule has 178 valence electrons. The number of nitrogens with one attached hydrogen (secondary N) is 1. The molecule has 1 heterocycles. The van der Waals surface area contributed by atoms with Crippen molar-refractivity contribution >= 4 is 17.5 Å². The molecule has 0 spiro atoms. The molecule has 0 aliphatic heterocycles. The number of hydrogen-bond donors (Lipinski definition) is 1.